The summed E-state index contributed by atoms with van der Waals surface area (Å²) in [5.74, 6) is -1.61. The van der Waals surface area contributed by atoms with Crippen LogP contribution in [0.1, 0.15) is 28.8 Å². The number of pyridine rings is 1. The maximum atomic E-state index is 15.3. The molecule has 8 heteroatoms. The Bertz CT molecular complexity index is 1100. The normalized spacial score (nSPS) is 13.5. The van der Waals surface area contributed by atoms with Crippen molar-refractivity contribution in [3.8, 4) is 0 Å². The Morgan fingerprint density at radius 3 is 2.79 bits per heavy atom. The molecule has 2 N–H and O–H groups in total. The number of aromatic nitrogens is 1. The number of hydroxylamine groups is 1. The standard InChI is InChI=1S/C21H18BF2N3O2/c1-11-6-7-25-19-14(11)9-15(21(28)27-29-10-12-2-3-12)20(18(19)24)26-17-5-4-13(22)8-16(17)23/h4-9,12,26H,2-3,10H2,1H3,(H,27,28). The molecule has 2 radical (unpaired) electrons. The van der Waals surface area contributed by atoms with Gasteiger partial charge < -0.3 is 5.32 Å². The molecule has 3 aromatic rings. The molecule has 1 amide bonds. The summed E-state index contributed by atoms with van der Waals surface area (Å²) in [7, 11) is 5.57. The highest BCUT2D eigenvalue weighted by Gasteiger charge is 2.24. The van der Waals surface area contributed by atoms with Crippen molar-refractivity contribution in [3.63, 3.8) is 0 Å². The quantitative estimate of drug-likeness (QED) is 0.498. The number of anilines is 2. The van der Waals surface area contributed by atoms with Crippen molar-refractivity contribution in [1.82, 2.24) is 10.5 Å². The van der Waals surface area contributed by atoms with Crippen molar-refractivity contribution in [2.75, 3.05) is 11.9 Å². The fourth-order valence-electron chi connectivity index (χ4n) is 3.01. The van der Waals surface area contributed by atoms with Gasteiger partial charge in [-0.05, 0) is 55.5 Å². The fraction of sp³-hybridized carbons (Fsp3) is 0.238. The van der Waals surface area contributed by atoms with E-state index in [1.807, 2.05) is 0 Å². The van der Waals surface area contributed by atoms with Crippen LogP contribution in [0.25, 0.3) is 10.9 Å². The van der Waals surface area contributed by atoms with Gasteiger partial charge in [-0.15, -0.1) is 0 Å². The zero-order valence-corrected chi connectivity index (χ0v) is 15.8. The topological polar surface area (TPSA) is 63.2 Å². The summed E-state index contributed by atoms with van der Waals surface area (Å²) in [6, 6.07) is 7.21. The molecule has 1 aliphatic rings. The highest BCUT2D eigenvalue weighted by Crippen LogP contribution is 2.32. The Morgan fingerprint density at radius 2 is 2.07 bits per heavy atom. The number of amides is 1. The first-order valence-corrected chi connectivity index (χ1v) is 9.26. The minimum Gasteiger partial charge on any atom is -0.350 e. The minimum absolute atomic E-state index is 0.0156. The second-order valence-electron chi connectivity index (χ2n) is 7.19. The smallest absolute Gasteiger partial charge is 0.277 e. The number of benzene rings is 2. The van der Waals surface area contributed by atoms with Crippen LogP contribution < -0.4 is 16.3 Å². The third-order valence-corrected chi connectivity index (χ3v) is 4.87. The van der Waals surface area contributed by atoms with E-state index in [9.17, 15) is 9.18 Å². The van der Waals surface area contributed by atoms with Gasteiger partial charge in [0.1, 0.15) is 19.2 Å². The number of rotatable bonds is 6. The zero-order valence-electron chi connectivity index (χ0n) is 15.8. The minimum atomic E-state index is -0.755. The van der Waals surface area contributed by atoms with E-state index < -0.39 is 17.5 Å². The SMILES string of the molecule is [B]c1ccc(Nc2c(C(=O)NOCC3CC3)cc3c(C)ccnc3c2F)c(F)c1. The van der Waals surface area contributed by atoms with Crippen LogP contribution in [0.5, 0.6) is 0 Å². The van der Waals surface area contributed by atoms with Gasteiger partial charge in [0.25, 0.3) is 5.91 Å². The molecule has 0 bridgehead atoms. The lowest BCUT2D eigenvalue weighted by atomic mass is 9.96. The predicted molar refractivity (Wildman–Crippen MR) is 108 cm³/mol. The third-order valence-electron chi connectivity index (χ3n) is 4.87. The van der Waals surface area contributed by atoms with Gasteiger partial charge in [-0.1, -0.05) is 11.5 Å². The molecule has 1 fully saturated rings. The summed E-state index contributed by atoms with van der Waals surface area (Å²) in [4.78, 5) is 22.1. The van der Waals surface area contributed by atoms with Gasteiger partial charge in [0.05, 0.1) is 23.5 Å². The Morgan fingerprint density at radius 1 is 1.28 bits per heavy atom. The van der Waals surface area contributed by atoms with Crippen molar-refractivity contribution in [1.29, 1.82) is 0 Å². The molecule has 1 aromatic heterocycles. The van der Waals surface area contributed by atoms with Crippen LogP contribution >= 0.6 is 0 Å². The Labute approximate surface area is 167 Å². The van der Waals surface area contributed by atoms with Crippen LogP contribution in [-0.4, -0.2) is 25.3 Å². The Kier molecular flexibility index (Phi) is 5.19. The van der Waals surface area contributed by atoms with Crippen LogP contribution in [0.2, 0.25) is 0 Å². The summed E-state index contributed by atoms with van der Waals surface area (Å²) in [5.41, 5.74) is 3.20. The van der Waals surface area contributed by atoms with E-state index in [1.54, 1.807) is 13.0 Å². The number of fused-ring (bicyclic) bond motifs is 1. The van der Waals surface area contributed by atoms with E-state index in [0.29, 0.717) is 17.9 Å². The number of nitrogens with one attached hydrogen (secondary N) is 2. The van der Waals surface area contributed by atoms with Crippen LogP contribution in [0, 0.1) is 24.5 Å². The average molecular weight is 393 g/mol. The average Bonchev–Trinajstić information content (AvgIpc) is 3.50. The van der Waals surface area contributed by atoms with E-state index in [-0.39, 0.29) is 27.9 Å². The predicted octanol–water partition coefficient (Wildman–Crippen LogP) is 3.43. The van der Waals surface area contributed by atoms with E-state index in [0.717, 1.165) is 24.5 Å². The highest BCUT2D eigenvalue weighted by atomic mass is 19.1. The number of nitrogens with zero attached hydrogens (tertiary/aromatic N) is 1. The lowest BCUT2D eigenvalue weighted by Crippen LogP contribution is -2.26. The second kappa shape index (κ2) is 7.79. The molecule has 5 nitrogen and oxygen atoms in total. The monoisotopic (exact) mass is 393 g/mol. The lowest BCUT2D eigenvalue weighted by Gasteiger charge is -2.16. The lowest BCUT2D eigenvalue weighted by molar-refractivity contribution is 0.0271. The highest BCUT2D eigenvalue weighted by molar-refractivity contribution is 6.32. The molecule has 0 unspecified atom stereocenters. The van der Waals surface area contributed by atoms with Crippen LogP contribution in [0.3, 0.4) is 0 Å². The molecule has 1 saturated carbocycles. The maximum Gasteiger partial charge on any atom is 0.277 e. The molecule has 4 rings (SSSR count). The first-order valence-electron chi connectivity index (χ1n) is 9.26. The van der Waals surface area contributed by atoms with Crippen LogP contribution in [0.4, 0.5) is 20.2 Å². The number of halogens is 2. The van der Waals surface area contributed by atoms with Crippen LogP contribution in [-0.2, 0) is 4.84 Å². The molecule has 0 atom stereocenters. The van der Waals surface area contributed by atoms with Crippen LogP contribution in [0.15, 0.2) is 36.5 Å². The van der Waals surface area contributed by atoms with Gasteiger partial charge >= 0.3 is 0 Å². The first-order chi connectivity index (χ1) is 13.9. The number of hydrogen-bond acceptors (Lipinski definition) is 4. The van der Waals surface area contributed by atoms with Gasteiger partial charge in [0.15, 0.2) is 5.82 Å². The molecule has 0 saturated heterocycles. The number of carbonyl (C=O) groups is 1. The van der Waals surface area contributed by atoms with Gasteiger partial charge in [-0.25, -0.2) is 14.3 Å². The van der Waals surface area contributed by atoms with Crippen molar-refractivity contribution in [2.45, 2.75) is 19.8 Å². The summed E-state index contributed by atoms with van der Waals surface area (Å²) in [5, 5.41) is 3.17. The molecular formula is C21H18BF2N3O2. The summed E-state index contributed by atoms with van der Waals surface area (Å²) >= 11 is 0. The summed E-state index contributed by atoms with van der Waals surface area (Å²) < 4.78 is 29.6. The van der Waals surface area contributed by atoms with Crippen molar-refractivity contribution < 1.29 is 18.4 Å². The fourth-order valence-corrected chi connectivity index (χ4v) is 3.01. The van der Waals surface area contributed by atoms with E-state index >= 15 is 4.39 Å². The second-order valence-corrected chi connectivity index (χ2v) is 7.19. The third kappa shape index (κ3) is 4.07. The maximum absolute atomic E-state index is 15.3. The summed E-state index contributed by atoms with van der Waals surface area (Å²) in [6.07, 6.45) is 3.61. The molecule has 1 heterocycles. The molecule has 29 heavy (non-hydrogen) atoms. The van der Waals surface area contributed by atoms with Crippen molar-refractivity contribution >= 4 is 41.5 Å². The molecule has 0 spiro atoms. The van der Waals surface area contributed by atoms with E-state index in [2.05, 4.69) is 15.8 Å². The Hall–Kier alpha value is -3.00. The van der Waals surface area contributed by atoms with Crippen molar-refractivity contribution in [3.05, 3.63) is 59.3 Å². The van der Waals surface area contributed by atoms with Gasteiger partial charge in [-0.3, -0.25) is 14.6 Å². The number of carbonyl (C=O) groups excluding carboxylic acids is 1. The number of aryl methyl sites for hydroxylation is 1. The molecule has 146 valence electrons. The van der Waals surface area contributed by atoms with Crippen molar-refractivity contribution in [2.24, 2.45) is 5.92 Å². The molecule has 0 aliphatic heterocycles. The van der Waals surface area contributed by atoms with Gasteiger partial charge in [0.2, 0.25) is 0 Å². The van der Waals surface area contributed by atoms with E-state index in [4.69, 9.17) is 12.7 Å². The van der Waals surface area contributed by atoms with Gasteiger partial charge in [-0.2, -0.15) is 0 Å². The molecular weight excluding hydrogens is 375 g/mol. The molecule has 2 aromatic carbocycles. The Balaban J connectivity index is 1.76. The largest absolute Gasteiger partial charge is 0.350 e. The number of hydrogen-bond donors (Lipinski definition) is 2. The van der Waals surface area contributed by atoms with E-state index in [1.165, 1.54) is 24.4 Å². The first kappa shape index (κ1) is 19.3. The summed E-state index contributed by atoms with van der Waals surface area (Å²) in [6.45, 7) is 2.19. The zero-order chi connectivity index (χ0) is 20.5. The van der Waals surface area contributed by atoms with Gasteiger partial charge in [0, 0.05) is 11.6 Å². The molecule has 1 aliphatic carbocycles.